The molecule has 4 unspecified atom stereocenters. The van der Waals surface area contributed by atoms with Gasteiger partial charge in [0.15, 0.2) is 6.29 Å². The minimum atomic E-state index is -1.09. The standard InChI is InChI=1S/C11H21NO6/c12-9(15)3-1-2-4-17-10-5-7(14)11(16)8(6-13)18-10/h7-8,10-11,13-14,16H,1-6H2,(H2,12,15). The highest BCUT2D eigenvalue weighted by molar-refractivity contribution is 5.73. The van der Waals surface area contributed by atoms with Crippen LogP contribution in [0.3, 0.4) is 0 Å². The molecule has 0 aromatic rings. The van der Waals surface area contributed by atoms with Crippen LogP contribution in [0.4, 0.5) is 0 Å². The summed E-state index contributed by atoms with van der Waals surface area (Å²) in [5.41, 5.74) is 4.99. The van der Waals surface area contributed by atoms with Gasteiger partial charge >= 0.3 is 0 Å². The van der Waals surface area contributed by atoms with Crippen LogP contribution in [0.5, 0.6) is 0 Å². The molecular formula is C11H21NO6. The third-order valence-electron chi connectivity index (χ3n) is 2.84. The maximum Gasteiger partial charge on any atom is 0.217 e. The van der Waals surface area contributed by atoms with Gasteiger partial charge in [-0.25, -0.2) is 0 Å². The second-order valence-corrected chi connectivity index (χ2v) is 4.37. The molecule has 0 aromatic carbocycles. The summed E-state index contributed by atoms with van der Waals surface area (Å²) < 4.78 is 10.6. The number of unbranched alkanes of at least 4 members (excludes halogenated alkanes) is 1. The van der Waals surface area contributed by atoms with Crippen LogP contribution in [0.25, 0.3) is 0 Å². The van der Waals surface area contributed by atoms with Gasteiger partial charge in [0.05, 0.1) is 12.7 Å². The van der Waals surface area contributed by atoms with E-state index in [2.05, 4.69) is 0 Å². The molecule has 1 aliphatic heterocycles. The Bertz CT molecular complexity index is 262. The van der Waals surface area contributed by atoms with Gasteiger partial charge in [0, 0.05) is 19.4 Å². The summed E-state index contributed by atoms with van der Waals surface area (Å²) in [7, 11) is 0. The van der Waals surface area contributed by atoms with E-state index in [0.29, 0.717) is 25.9 Å². The first-order chi connectivity index (χ1) is 8.54. The summed E-state index contributed by atoms with van der Waals surface area (Å²) in [6.07, 6.45) is -1.76. The molecule has 0 saturated carbocycles. The van der Waals surface area contributed by atoms with Gasteiger partial charge in [0.25, 0.3) is 0 Å². The Morgan fingerprint density at radius 3 is 2.72 bits per heavy atom. The summed E-state index contributed by atoms with van der Waals surface area (Å²) in [5.74, 6) is -0.345. The maximum atomic E-state index is 10.5. The molecule has 0 radical (unpaired) electrons. The number of nitrogens with two attached hydrogens (primary N) is 1. The van der Waals surface area contributed by atoms with Crippen LogP contribution >= 0.6 is 0 Å². The first kappa shape index (κ1) is 15.3. The number of rotatable bonds is 7. The van der Waals surface area contributed by atoms with Crippen molar-refractivity contribution in [2.24, 2.45) is 5.73 Å². The molecule has 7 nitrogen and oxygen atoms in total. The molecular weight excluding hydrogens is 242 g/mol. The van der Waals surface area contributed by atoms with Crippen molar-refractivity contribution in [3.05, 3.63) is 0 Å². The van der Waals surface area contributed by atoms with Crippen molar-refractivity contribution in [2.75, 3.05) is 13.2 Å². The molecule has 1 saturated heterocycles. The van der Waals surface area contributed by atoms with E-state index in [1.807, 2.05) is 0 Å². The maximum absolute atomic E-state index is 10.5. The Morgan fingerprint density at radius 2 is 2.11 bits per heavy atom. The van der Waals surface area contributed by atoms with Gasteiger partial charge in [0.1, 0.15) is 12.2 Å². The fourth-order valence-corrected chi connectivity index (χ4v) is 1.79. The van der Waals surface area contributed by atoms with Crippen LogP contribution in [0, 0.1) is 0 Å². The van der Waals surface area contributed by atoms with Gasteiger partial charge in [-0.1, -0.05) is 0 Å². The average molecular weight is 263 g/mol. The van der Waals surface area contributed by atoms with Crippen molar-refractivity contribution in [2.45, 2.75) is 50.3 Å². The summed E-state index contributed by atoms with van der Waals surface area (Å²) in [5, 5.41) is 28.0. The predicted octanol–water partition coefficient (Wildman–Crippen LogP) is -1.51. The summed E-state index contributed by atoms with van der Waals surface area (Å²) >= 11 is 0. The second kappa shape index (κ2) is 7.65. The number of aliphatic hydroxyl groups is 3. The van der Waals surface area contributed by atoms with E-state index in [9.17, 15) is 15.0 Å². The third kappa shape index (κ3) is 4.87. The summed E-state index contributed by atoms with van der Waals surface area (Å²) in [6, 6.07) is 0. The lowest BCUT2D eigenvalue weighted by molar-refractivity contribution is -0.256. The van der Waals surface area contributed by atoms with Crippen LogP contribution < -0.4 is 5.73 Å². The Balaban J connectivity index is 2.20. The lowest BCUT2D eigenvalue weighted by atomic mass is 10.0. The van der Waals surface area contributed by atoms with Crippen molar-refractivity contribution < 1.29 is 29.6 Å². The molecule has 1 heterocycles. The van der Waals surface area contributed by atoms with Crippen molar-refractivity contribution in [3.63, 3.8) is 0 Å². The van der Waals surface area contributed by atoms with Crippen molar-refractivity contribution >= 4 is 5.91 Å². The normalized spacial score (nSPS) is 32.4. The van der Waals surface area contributed by atoms with E-state index in [0.717, 1.165) is 0 Å². The zero-order valence-corrected chi connectivity index (χ0v) is 10.2. The van der Waals surface area contributed by atoms with Gasteiger partial charge in [-0.3, -0.25) is 4.79 Å². The number of hydrogen-bond acceptors (Lipinski definition) is 6. The van der Waals surface area contributed by atoms with E-state index < -0.39 is 24.6 Å². The molecule has 1 aliphatic rings. The summed E-state index contributed by atoms with van der Waals surface area (Å²) in [4.78, 5) is 10.5. The van der Waals surface area contributed by atoms with Gasteiger partial charge < -0.3 is 30.5 Å². The molecule has 106 valence electrons. The number of carbonyl (C=O) groups is 1. The minimum absolute atomic E-state index is 0.160. The minimum Gasteiger partial charge on any atom is -0.394 e. The number of aliphatic hydroxyl groups excluding tert-OH is 3. The van der Waals surface area contributed by atoms with E-state index in [4.69, 9.17) is 20.3 Å². The lowest BCUT2D eigenvalue weighted by Crippen LogP contribution is -2.50. The number of carbonyl (C=O) groups excluding carboxylic acids is 1. The average Bonchev–Trinajstić information content (AvgIpc) is 2.32. The molecule has 1 rings (SSSR count). The fourth-order valence-electron chi connectivity index (χ4n) is 1.79. The third-order valence-corrected chi connectivity index (χ3v) is 2.84. The molecule has 0 aliphatic carbocycles. The molecule has 18 heavy (non-hydrogen) atoms. The molecule has 0 bridgehead atoms. The zero-order valence-electron chi connectivity index (χ0n) is 10.2. The Morgan fingerprint density at radius 1 is 1.39 bits per heavy atom. The highest BCUT2D eigenvalue weighted by atomic mass is 16.7. The van der Waals surface area contributed by atoms with Gasteiger partial charge in [-0.15, -0.1) is 0 Å². The predicted molar refractivity (Wildman–Crippen MR) is 61.4 cm³/mol. The molecule has 5 N–H and O–H groups in total. The molecule has 0 spiro atoms. The van der Waals surface area contributed by atoms with E-state index in [1.54, 1.807) is 0 Å². The quantitative estimate of drug-likeness (QED) is 0.414. The van der Waals surface area contributed by atoms with Crippen LogP contribution in [-0.2, 0) is 14.3 Å². The highest BCUT2D eigenvalue weighted by Crippen LogP contribution is 2.21. The van der Waals surface area contributed by atoms with E-state index >= 15 is 0 Å². The monoisotopic (exact) mass is 263 g/mol. The number of primary amides is 1. The van der Waals surface area contributed by atoms with Crippen molar-refractivity contribution in [1.82, 2.24) is 0 Å². The fraction of sp³-hybridized carbons (Fsp3) is 0.909. The Kier molecular flexibility index (Phi) is 6.51. The van der Waals surface area contributed by atoms with E-state index in [1.165, 1.54) is 0 Å². The van der Waals surface area contributed by atoms with Crippen molar-refractivity contribution in [1.29, 1.82) is 0 Å². The molecule has 1 fully saturated rings. The molecule has 4 atom stereocenters. The Labute approximate surface area is 105 Å². The number of amides is 1. The SMILES string of the molecule is NC(=O)CCCCOC1CC(O)C(O)C(CO)O1. The molecule has 0 aromatic heterocycles. The molecule has 7 heteroatoms. The van der Waals surface area contributed by atoms with Gasteiger partial charge in [0.2, 0.25) is 5.91 Å². The second-order valence-electron chi connectivity index (χ2n) is 4.37. The van der Waals surface area contributed by atoms with Gasteiger partial charge in [-0.05, 0) is 12.8 Å². The molecule has 1 amide bonds. The first-order valence-corrected chi connectivity index (χ1v) is 6.07. The highest BCUT2D eigenvalue weighted by Gasteiger charge is 2.36. The summed E-state index contributed by atoms with van der Waals surface area (Å²) in [6.45, 7) is -0.00132. The van der Waals surface area contributed by atoms with Crippen LogP contribution in [-0.4, -0.2) is 59.0 Å². The van der Waals surface area contributed by atoms with E-state index in [-0.39, 0.29) is 18.9 Å². The van der Waals surface area contributed by atoms with Crippen LogP contribution in [0.2, 0.25) is 0 Å². The van der Waals surface area contributed by atoms with Crippen molar-refractivity contribution in [3.8, 4) is 0 Å². The van der Waals surface area contributed by atoms with Crippen LogP contribution in [0.15, 0.2) is 0 Å². The smallest absolute Gasteiger partial charge is 0.217 e. The Hall–Kier alpha value is -0.730. The topological polar surface area (TPSA) is 122 Å². The number of ether oxygens (including phenoxy) is 2. The zero-order chi connectivity index (χ0) is 13.5. The lowest BCUT2D eigenvalue weighted by Gasteiger charge is -2.36. The largest absolute Gasteiger partial charge is 0.394 e. The van der Waals surface area contributed by atoms with Crippen LogP contribution in [0.1, 0.15) is 25.7 Å². The first-order valence-electron chi connectivity index (χ1n) is 6.07. The van der Waals surface area contributed by atoms with Gasteiger partial charge in [-0.2, -0.15) is 0 Å². The number of hydrogen-bond donors (Lipinski definition) is 4.